The Morgan fingerprint density at radius 1 is 1.00 bits per heavy atom. The molecule has 4 rings (SSSR count). The fourth-order valence-electron chi connectivity index (χ4n) is 3.42. The summed E-state index contributed by atoms with van der Waals surface area (Å²) in [6, 6.07) is 21.3. The number of ether oxygens (including phenoxy) is 2. The number of rotatable bonds is 7. The molecule has 0 N–H and O–H groups in total. The molecule has 0 bridgehead atoms. The van der Waals surface area contributed by atoms with Crippen LogP contribution in [0.15, 0.2) is 83.5 Å². The average Bonchev–Trinajstić information content (AvgIpc) is 3.09. The lowest BCUT2D eigenvalue weighted by atomic mass is 10.1. The third-order valence-electron chi connectivity index (χ3n) is 5.12. The Bertz CT molecular complexity index is 1170. The van der Waals surface area contributed by atoms with Crippen molar-refractivity contribution in [2.75, 3.05) is 18.7 Å². The molecular weight excluding hydrogens is 407 g/mol. The van der Waals surface area contributed by atoms with Gasteiger partial charge in [-0.15, -0.1) is 0 Å². The summed E-state index contributed by atoms with van der Waals surface area (Å²) in [5.74, 6) is 0.593. The van der Waals surface area contributed by atoms with Gasteiger partial charge in [0.2, 0.25) is 0 Å². The number of carbonyl (C=O) groups excluding carboxylic acids is 1. The molecule has 5 nitrogen and oxygen atoms in total. The summed E-state index contributed by atoms with van der Waals surface area (Å²) >= 11 is 0. The van der Waals surface area contributed by atoms with E-state index < -0.39 is 0 Å². The summed E-state index contributed by atoms with van der Waals surface area (Å²) in [6.07, 6.45) is 2.56. The van der Waals surface area contributed by atoms with E-state index in [-0.39, 0.29) is 11.7 Å². The minimum absolute atomic E-state index is 0.267. The fourth-order valence-corrected chi connectivity index (χ4v) is 3.42. The zero-order valence-electron chi connectivity index (χ0n) is 17.9. The molecule has 0 saturated heterocycles. The lowest BCUT2D eigenvalue weighted by Crippen LogP contribution is -2.21. The molecule has 0 atom stereocenters. The van der Waals surface area contributed by atoms with E-state index in [1.165, 1.54) is 34.8 Å². The van der Waals surface area contributed by atoms with E-state index in [1.807, 2.05) is 36.4 Å². The first-order valence-corrected chi connectivity index (χ1v) is 10.3. The fraction of sp³-hybridized carbons (Fsp3) is 0.154. The van der Waals surface area contributed by atoms with Gasteiger partial charge in [-0.05, 0) is 60.5 Å². The molecule has 3 aromatic carbocycles. The summed E-state index contributed by atoms with van der Waals surface area (Å²) in [7, 11) is 1.58. The standard InChI is InChI=1S/C26H23FN2O3/c1-18-23(26(30)29(28-18)22-11-9-21(27)10-12-22)16-20-8-13-24(25(17-20)31-2)32-15-14-19-6-4-3-5-7-19/h3-13,16-17H,14-15H2,1-2H3/b23-16+. The van der Waals surface area contributed by atoms with Gasteiger partial charge in [0.25, 0.3) is 5.91 Å². The second-order valence-electron chi connectivity index (χ2n) is 7.33. The molecule has 1 aliphatic rings. The number of anilines is 1. The second kappa shape index (κ2) is 9.47. The highest BCUT2D eigenvalue weighted by Gasteiger charge is 2.28. The zero-order valence-corrected chi connectivity index (χ0v) is 17.9. The first-order chi connectivity index (χ1) is 15.5. The molecule has 0 fully saturated rings. The topological polar surface area (TPSA) is 51.1 Å². The molecule has 1 aliphatic heterocycles. The zero-order chi connectivity index (χ0) is 22.5. The minimum atomic E-state index is -0.366. The largest absolute Gasteiger partial charge is 0.493 e. The number of hydrazone groups is 1. The monoisotopic (exact) mass is 430 g/mol. The van der Waals surface area contributed by atoms with Crippen molar-refractivity contribution in [2.24, 2.45) is 5.10 Å². The summed E-state index contributed by atoms with van der Waals surface area (Å²) < 4.78 is 24.6. The molecule has 32 heavy (non-hydrogen) atoms. The van der Waals surface area contributed by atoms with E-state index in [9.17, 15) is 9.18 Å². The van der Waals surface area contributed by atoms with E-state index >= 15 is 0 Å². The molecule has 0 radical (unpaired) electrons. The van der Waals surface area contributed by atoms with Crippen molar-refractivity contribution < 1.29 is 18.7 Å². The number of nitrogens with zero attached hydrogens (tertiary/aromatic N) is 2. The molecule has 0 unspecified atom stereocenters. The van der Waals surface area contributed by atoms with Crippen molar-refractivity contribution in [1.82, 2.24) is 0 Å². The molecule has 0 saturated carbocycles. The molecule has 1 amide bonds. The number of hydrogen-bond acceptors (Lipinski definition) is 4. The van der Waals surface area contributed by atoms with Gasteiger partial charge >= 0.3 is 0 Å². The van der Waals surface area contributed by atoms with Crippen molar-refractivity contribution in [2.45, 2.75) is 13.3 Å². The summed E-state index contributed by atoms with van der Waals surface area (Å²) in [4.78, 5) is 12.9. The predicted octanol–water partition coefficient (Wildman–Crippen LogP) is 5.26. The smallest absolute Gasteiger partial charge is 0.280 e. The van der Waals surface area contributed by atoms with E-state index in [4.69, 9.17) is 9.47 Å². The van der Waals surface area contributed by atoms with E-state index in [0.29, 0.717) is 35.1 Å². The van der Waals surface area contributed by atoms with Crippen molar-refractivity contribution >= 4 is 23.4 Å². The first kappa shape index (κ1) is 21.3. The highest BCUT2D eigenvalue weighted by molar-refractivity contribution is 6.32. The Hall–Kier alpha value is -3.93. The van der Waals surface area contributed by atoms with Crippen LogP contribution in [-0.2, 0) is 11.2 Å². The lowest BCUT2D eigenvalue weighted by molar-refractivity contribution is -0.114. The van der Waals surface area contributed by atoms with Gasteiger partial charge in [-0.25, -0.2) is 4.39 Å². The molecule has 1 heterocycles. The summed E-state index contributed by atoms with van der Waals surface area (Å²) in [5.41, 5.74) is 3.55. The van der Waals surface area contributed by atoms with Crippen LogP contribution in [0.5, 0.6) is 11.5 Å². The number of amides is 1. The quantitative estimate of drug-likeness (QED) is 0.481. The van der Waals surface area contributed by atoms with Gasteiger partial charge in [0.15, 0.2) is 11.5 Å². The van der Waals surface area contributed by atoms with Gasteiger partial charge in [-0.1, -0.05) is 36.4 Å². The lowest BCUT2D eigenvalue weighted by Gasteiger charge is -2.12. The maximum absolute atomic E-state index is 13.2. The molecular formula is C26H23FN2O3. The van der Waals surface area contributed by atoms with Crippen molar-refractivity contribution in [3.8, 4) is 11.5 Å². The van der Waals surface area contributed by atoms with Crippen LogP contribution in [0.3, 0.4) is 0 Å². The number of halogens is 1. The molecule has 6 heteroatoms. The normalized spacial score (nSPS) is 14.6. The van der Waals surface area contributed by atoms with Gasteiger partial charge in [0.05, 0.1) is 30.7 Å². The van der Waals surface area contributed by atoms with Crippen LogP contribution in [0.25, 0.3) is 6.08 Å². The van der Waals surface area contributed by atoms with Crippen LogP contribution in [0.4, 0.5) is 10.1 Å². The third kappa shape index (κ3) is 4.70. The first-order valence-electron chi connectivity index (χ1n) is 10.3. The molecule has 162 valence electrons. The summed E-state index contributed by atoms with van der Waals surface area (Å²) in [5, 5.41) is 5.61. The average molecular weight is 430 g/mol. The number of benzene rings is 3. The Balaban J connectivity index is 1.49. The molecule has 0 aromatic heterocycles. The Labute approximate surface area is 186 Å². The Morgan fingerprint density at radius 2 is 1.75 bits per heavy atom. The highest BCUT2D eigenvalue weighted by atomic mass is 19.1. The highest BCUT2D eigenvalue weighted by Crippen LogP contribution is 2.31. The Morgan fingerprint density at radius 3 is 2.47 bits per heavy atom. The maximum Gasteiger partial charge on any atom is 0.280 e. The third-order valence-corrected chi connectivity index (χ3v) is 5.12. The van der Waals surface area contributed by atoms with Crippen molar-refractivity contribution in [3.05, 3.63) is 95.3 Å². The van der Waals surface area contributed by atoms with Crippen LogP contribution in [0.1, 0.15) is 18.1 Å². The van der Waals surface area contributed by atoms with Gasteiger partial charge in [0.1, 0.15) is 5.82 Å². The van der Waals surface area contributed by atoms with Gasteiger partial charge in [-0.3, -0.25) is 4.79 Å². The number of hydrogen-bond donors (Lipinski definition) is 0. The van der Waals surface area contributed by atoms with Gasteiger partial charge < -0.3 is 9.47 Å². The summed E-state index contributed by atoms with van der Waals surface area (Å²) in [6.45, 7) is 2.29. The Kier molecular flexibility index (Phi) is 6.31. The van der Waals surface area contributed by atoms with E-state index in [1.54, 1.807) is 20.1 Å². The second-order valence-corrected chi connectivity index (χ2v) is 7.33. The predicted molar refractivity (Wildman–Crippen MR) is 124 cm³/mol. The SMILES string of the molecule is COc1cc(/C=C2/C(=O)N(c3ccc(F)cc3)N=C2C)ccc1OCCc1ccccc1. The number of methoxy groups -OCH3 is 1. The maximum atomic E-state index is 13.2. The van der Waals surface area contributed by atoms with Crippen LogP contribution in [0, 0.1) is 5.82 Å². The molecule has 3 aromatic rings. The van der Waals surface area contributed by atoms with E-state index in [0.717, 1.165) is 12.0 Å². The van der Waals surface area contributed by atoms with Crippen LogP contribution in [-0.4, -0.2) is 25.3 Å². The van der Waals surface area contributed by atoms with Crippen LogP contribution in [0.2, 0.25) is 0 Å². The van der Waals surface area contributed by atoms with E-state index in [2.05, 4.69) is 17.2 Å². The van der Waals surface area contributed by atoms with Crippen LogP contribution < -0.4 is 14.5 Å². The van der Waals surface area contributed by atoms with Crippen LogP contribution >= 0.6 is 0 Å². The van der Waals surface area contributed by atoms with Gasteiger partial charge in [0, 0.05) is 6.42 Å². The van der Waals surface area contributed by atoms with Crippen molar-refractivity contribution in [3.63, 3.8) is 0 Å². The van der Waals surface area contributed by atoms with Crippen molar-refractivity contribution in [1.29, 1.82) is 0 Å². The number of carbonyl (C=O) groups is 1. The molecule has 0 spiro atoms. The van der Waals surface area contributed by atoms with Gasteiger partial charge in [-0.2, -0.15) is 10.1 Å². The minimum Gasteiger partial charge on any atom is -0.493 e. The molecule has 0 aliphatic carbocycles.